The minimum Gasteiger partial charge on any atom is -0.338 e. The first-order valence-electron chi connectivity index (χ1n) is 10.5. The quantitative estimate of drug-likeness (QED) is 0.770. The number of amides is 3. The molecule has 3 unspecified atom stereocenters. The summed E-state index contributed by atoms with van der Waals surface area (Å²) >= 11 is 0. The number of rotatable bonds is 5. The third-order valence-corrected chi connectivity index (χ3v) is 6.07. The Morgan fingerprint density at radius 2 is 1.59 bits per heavy atom. The van der Waals surface area contributed by atoms with Crippen LogP contribution in [-0.4, -0.2) is 47.3 Å². The van der Waals surface area contributed by atoms with Crippen LogP contribution in [0.3, 0.4) is 0 Å². The van der Waals surface area contributed by atoms with Crippen molar-refractivity contribution >= 4 is 17.7 Å². The Hall–Kier alpha value is -1.59. The number of carbonyl (C=O) groups is 3. The van der Waals surface area contributed by atoms with Crippen LogP contribution in [0, 0.1) is 11.3 Å². The lowest BCUT2D eigenvalue weighted by atomic mass is 9.82. The van der Waals surface area contributed by atoms with Crippen molar-refractivity contribution in [1.82, 2.24) is 15.5 Å². The lowest BCUT2D eigenvalue weighted by molar-refractivity contribution is -0.136. The molecule has 27 heavy (non-hydrogen) atoms. The van der Waals surface area contributed by atoms with E-state index in [0.29, 0.717) is 0 Å². The lowest BCUT2D eigenvalue weighted by Crippen LogP contribution is -2.59. The van der Waals surface area contributed by atoms with Gasteiger partial charge in [-0.1, -0.05) is 40.0 Å². The van der Waals surface area contributed by atoms with Gasteiger partial charge in [-0.05, 0) is 50.9 Å². The summed E-state index contributed by atoms with van der Waals surface area (Å²) in [6.07, 6.45) is 7.35. The molecule has 2 fully saturated rings. The van der Waals surface area contributed by atoms with E-state index in [1.165, 1.54) is 13.3 Å². The monoisotopic (exact) mass is 379 g/mol. The lowest BCUT2D eigenvalue weighted by Gasteiger charge is -2.36. The molecule has 1 heterocycles. The second kappa shape index (κ2) is 9.07. The Balaban J connectivity index is 2.06. The molecule has 0 aromatic rings. The normalized spacial score (nSPS) is 23.6. The molecule has 1 aliphatic carbocycles. The molecule has 2 N–H and O–H groups in total. The van der Waals surface area contributed by atoms with E-state index < -0.39 is 23.5 Å². The third kappa shape index (κ3) is 5.69. The highest BCUT2D eigenvalue weighted by Gasteiger charge is 2.39. The Bertz CT molecular complexity index is 549. The highest BCUT2D eigenvalue weighted by molar-refractivity contribution is 5.91. The number of nitrogens with zero attached hydrogens (tertiary/aromatic N) is 1. The number of urea groups is 1. The standard InChI is InChI=1S/C21H37N3O3/c1-14-10-9-13-24(14)19(26)18(21(3,4)5)23-20(27)22-17(15(2)25)16-11-7-6-8-12-16/h14,16-18H,6-13H2,1-5H3,(H2,22,23,27). The summed E-state index contributed by atoms with van der Waals surface area (Å²) in [5, 5.41) is 5.76. The van der Waals surface area contributed by atoms with Crippen LogP contribution in [0.15, 0.2) is 0 Å². The number of hydrogen-bond donors (Lipinski definition) is 2. The minimum absolute atomic E-state index is 0.0103. The van der Waals surface area contributed by atoms with E-state index in [1.807, 2.05) is 25.7 Å². The van der Waals surface area contributed by atoms with Crippen molar-refractivity contribution in [2.45, 2.75) is 97.7 Å². The number of Topliss-reactive ketones (excluding diaryl/α,β-unsaturated/α-hetero) is 1. The predicted octanol–water partition coefficient (Wildman–Crippen LogP) is 3.25. The highest BCUT2D eigenvalue weighted by atomic mass is 16.2. The van der Waals surface area contributed by atoms with E-state index in [2.05, 4.69) is 17.6 Å². The summed E-state index contributed by atoms with van der Waals surface area (Å²) in [6.45, 7) is 10.2. The molecular formula is C21H37N3O3. The van der Waals surface area contributed by atoms with Gasteiger partial charge in [0.1, 0.15) is 6.04 Å². The van der Waals surface area contributed by atoms with Gasteiger partial charge in [0.2, 0.25) is 5.91 Å². The summed E-state index contributed by atoms with van der Waals surface area (Å²) in [4.78, 5) is 39.8. The molecule has 154 valence electrons. The molecule has 3 amide bonds. The highest BCUT2D eigenvalue weighted by Crippen LogP contribution is 2.28. The molecule has 3 atom stereocenters. The van der Waals surface area contributed by atoms with E-state index in [0.717, 1.165) is 45.1 Å². The zero-order valence-corrected chi connectivity index (χ0v) is 17.6. The number of likely N-dealkylation sites (tertiary alicyclic amines) is 1. The zero-order chi connectivity index (χ0) is 20.2. The van der Waals surface area contributed by atoms with Crippen LogP contribution in [0.4, 0.5) is 4.79 Å². The van der Waals surface area contributed by atoms with E-state index >= 15 is 0 Å². The molecule has 6 heteroatoms. The van der Waals surface area contributed by atoms with Crippen molar-refractivity contribution in [3.05, 3.63) is 0 Å². The van der Waals surface area contributed by atoms with E-state index in [1.54, 1.807) is 0 Å². The van der Waals surface area contributed by atoms with Crippen LogP contribution in [0.1, 0.15) is 79.6 Å². The summed E-state index contributed by atoms with van der Waals surface area (Å²) in [7, 11) is 0. The van der Waals surface area contributed by atoms with Crippen molar-refractivity contribution in [3.8, 4) is 0 Å². The maximum atomic E-state index is 13.1. The Morgan fingerprint density at radius 1 is 0.963 bits per heavy atom. The Kier molecular flexibility index (Phi) is 7.29. The minimum atomic E-state index is -0.614. The molecular weight excluding hydrogens is 342 g/mol. The van der Waals surface area contributed by atoms with Crippen molar-refractivity contribution < 1.29 is 14.4 Å². The van der Waals surface area contributed by atoms with Gasteiger partial charge in [0.25, 0.3) is 0 Å². The van der Waals surface area contributed by atoms with E-state index in [4.69, 9.17) is 0 Å². The van der Waals surface area contributed by atoms with Crippen LogP contribution in [0.2, 0.25) is 0 Å². The molecule has 0 spiro atoms. The number of ketones is 1. The van der Waals surface area contributed by atoms with Crippen molar-refractivity contribution in [3.63, 3.8) is 0 Å². The first-order chi connectivity index (χ1) is 12.6. The molecule has 2 rings (SSSR count). The van der Waals surface area contributed by atoms with Crippen molar-refractivity contribution in [1.29, 1.82) is 0 Å². The van der Waals surface area contributed by atoms with Gasteiger partial charge >= 0.3 is 6.03 Å². The SMILES string of the molecule is CC(=O)C(NC(=O)NC(C(=O)N1CCCC1C)C(C)(C)C)C1CCCCC1. The number of carbonyl (C=O) groups excluding carboxylic acids is 3. The Morgan fingerprint density at radius 3 is 2.07 bits per heavy atom. The van der Waals surface area contributed by atoms with Gasteiger partial charge in [-0.2, -0.15) is 0 Å². The number of hydrogen-bond acceptors (Lipinski definition) is 3. The first-order valence-corrected chi connectivity index (χ1v) is 10.5. The van der Waals surface area contributed by atoms with Gasteiger partial charge in [0.05, 0.1) is 6.04 Å². The van der Waals surface area contributed by atoms with Gasteiger partial charge in [-0.3, -0.25) is 9.59 Å². The maximum absolute atomic E-state index is 13.1. The third-order valence-electron chi connectivity index (χ3n) is 6.07. The van der Waals surface area contributed by atoms with Crippen LogP contribution in [0.25, 0.3) is 0 Å². The molecule has 1 saturated heterocycles. The van der Waals surface area contributed by atoms with Gasteiger partial charge in [-0.25, -0.2) is 4.79 Å². The largest absolute Gasteiger partial charge is 0.338 e. The van der Waals surface area contributed by atoms with Crippen LogP contribution in [0.5, 0.6) is 0 Å². The molecule has 0 aromatic heterocycles. The fourth-order valence-electron chi connectivity index (χ4n) is 4.41. The summed E-state index contributed by atoms with van der Waals surface area (Å²) in [5.41, 5.74) is -0.409. The summed E-state index contributed by atoms with van der Waals surface area (Å²) in [6, 6.07) is -1.29. The molecule has 2 aliphatic rings. The number of nitrogens with one attached hydrogen (secondary N) is 2. The van der Waals surface area contributed by atoms with Crippen LogP contribution >= 0.6 is 0 Å². The Labute approximate surface area is 163 Å². The second-order valence-electron chi connectivity index (χ2n) is 9.43. The fraction of sp³-hybridized carbons (Fsp3) is 0.857. The van der Waals surface area contributed by atoms with E-state index in [9.17, 15) is 14.4 Å². The second-order valence-corrected chi connectivity index (χ2v) is 9.43. The smallest absolute Gasteiger partial charge is 0.316 e. The molecule has 0 aromatic carbocycles. The molecule has 1 saturated carbocycles. The van der Waals surface area contributed by atoms with Crippen LogP contribution < -0.4 is 10.6 Å². The van der Waals surface area contributed by atoms with Gasteiger partial charge in [0.15, 0.2) is 5.78 Å². The molecule has 6 nitrogen and oxygen atoms in total. The molecule has 0 bridgehead atoms. The van der Waals surface area contributed by atoms with Gasteiger partial charge in [0, 0.05) is 12.6 Å². The zero-order valence-electron chi connectivity index (χ0n) is 17.6. The van der Waals surface area contributed by atoms with Gasteiger partial charge < -0.3 is 15.5 Å². The fourth-order valence-corrected chi connectivity index (χ4v) is 4.41. The van der Waals surface area contributed by atoms with Crippen molar-refractivity contribution in [2.75, 3.05) is 6.54 Å². The average molecular weight is 380 g/mol. The first kappa shape index (κ1) is 21.7. The summed E-state index contributed by atoms with van der Waals surface area (Å²) < 4.78 is 0. The van der Waals surface area contributed by atoms with Crippen LogP contribution in [-0.2, 0) is 9.59 Å². The average Bonchev–Trinajstić information content (AvgIpc) is 3.02. The molecule has 1 aliphatic heterocycles. The molecule has 0 radical (unpaired) electrons. The van der Waals surface area contributed by atoms with Crippen molar-refractivity contribution in [2.24, 2.45) is 11.3 Å². The topological polar surface area (TPSA) is 78.5 Å². The maximum Gasteiger partial charge on any atom is 0.316 e. The predicted molar refractivity (Wildman–Crippen MR) is 106 cm³/mol. The van der Waals surface area contributed by atoms with E-state index in [-0.39, 0.29) is 23.7 Å². The summed E-state index contributed by atoms with van der Waals surface area (Å²) in [5.74, 6) is 0.160. The van der Waals surface area contributed by atoms with Gasteiger partial charge in [-0.15, -0.1) is 0 Å².